The summed E-state index contributed by atoms with van der Waals surface area (Å²) in [6.45, 7) is 4.05. The number of anilines is 3. The van der Waals surface area contributed by atoms with Gasteiger partial charge in [-0.15, -0.1) is 0 Å². The quantitative estimate of drug-likeness (QED) is 0.463. The fourth-order valence-corrected chi connectivity index (χ4v) is 4.71. The zero-order chi connectivity index (χ0) is 24.3. The summed E-state index contributed by atoms with van der Waals surface area (Å²) in [5, 5.41) is 2.95. The van der Waals surface area contributed by atoms with Gasteiger partial charge < -0.3 is 19.9 Å². The number of benzene rings is 2. The lowest BCUT2D eigenvalue weighted by molar-refractivity contribution is -0.124. The van der Waals surface area contributed by atoms with Crippen LogP contribution >= 0.6 is 0 Å². The third-order valence-corrected chi connectivity index (χ3v) is 6.71. The van der Waals surface area contributed by atoms with Crippen LogP contribution in [0.15, 0.2) is 67.3 Å². The first-order chi connectivity index (χ1) is 17.7. The highest BCUT2D eigenvalue weighted by atomic mass is 16.5. The summed E-state index contributed by atoms with van der Waals surface area (Å²) in [4.78, 5) is 35.0. The molecule has 2 fully saturated rings. The Hall–Kier alpha value is -4.11. The first-order valence-electron chi connectivity index (χ1n) is 12.3. The molecule has 182 valence electrons. The summed E-state index contributed by atoms with van der Waals surface area (Å²) in [6, 6.07) is 14.0. The van der Waals surface area contributed by atoms with Crippen LogP contribution in [0.5, 0.6) is 0 Å². The predicted octanol–water partition coefficient (Wildman–Crippen LogP) is 3.53. The molecule has 0 saturated carbocycles. The predicted molar refractivity (Wildman–Crippen MR) is 139 cm³/mol. The molecule has 1 N–H and O–H groups in total. The van der Waals surface area contributed by atoms with E-state index in [0.717, 1.165) is 78.5 Å². The van der Waals surface area contributed by atoms with Gasteiger partial charge in [-0.1, -0.05) is 18.2 Å². The van der Waals surface area contributed by atoms with Crippen molar-refractivity contribution in [3.05, 3.63) is 67.3 Å². The lowest BCUT2D eigenvalue weighted by Crippen LogP contribution is -2.47. The van der Waals surface area contributed by atoms with Gasteiger partial charge in [0.25, 0.3) is 5.91 Å². The first kappa shape index (κ1) is 22.4. The fourth-order valence-electron chi connectivity index (χ4n) is 4.71. The maximum atomic E-state index is 12.3. The SMILES string of the molecule is O=C(Nc1ccc(-c2ccc3ncc(N4CCN(c5cnccn5)CC4)nc3c2)cc1)C1CCCO1. The second-order valence-electron chi connectivity index (χ2n) is 9.04. The number of fused-ring (bicyclic) bond motifs is 1. The second-order valence-corrected chi connectivity index (χ2v) is 9.04. The molecule has 1 atom stereocenters. The molecule has 1 unspecified atom stereocenters. The van der Waals surface area contributed by atoms with E-state index in [2.05, 4.69) is 42.2 Å². The topological polar surface area (TPSA) is 96.4 Å². The molecule has 2 aliphatic heterocycles. The highest BCUT2D eigenvalue weighted by Crippen LogP contribution is 2.26. The molecule has 2 aromatic heterocycles. The molecule has 6 rings (SSSR count). The van der Waals surface area contributed by atoms with Crippen molar-refractivity contribution in [2.45, 2.75) is 18.9 Å². The van der Waals surface area contributed by atoms with Crippen LogP contribution in [0, 0.1) is 0 Å². The van der Waals surface area contributed by atoms with Gasteiger partial charge in [-0.3, -0.25) is 14.8 Å². The van der Waals surface area contributed by atoms with Crippen LogP contribution in [-0.4, -0.2) is 64.7 Å². The number of piperazine rings is 1. The lowest BCUT2D eigenvalue weighted by Gasteiger charge is -2.35. The van der Waals surface area contributed by atoms with E-state index in [4.69, 9.17) is 9.72 Å². The molecule has 2 aromatic carbocycles. The van der Waals surface area contributed by atoms with Gasteiger partial charge >= 0.3 is 0 Å². The van der Waals surface area contributed by atoms with E-state index in [1.807, 2.05) is 36.5 Å². The van der Waals surface area contributed by atoms with Crippen molar-refractivity contribution in [1.82, 2.24) is 19.9 Å². The third kappa shape index (κ3) is 4.70. The van der Waals surface area contributed by atoms with E-state index < -0.39 is 0 Å². The number of aromatic nitrogens is 4. The van der Waals surface area contributed by atoms with E-state index >= 15 is 0 Å². The molecule has 36 heavy (non-hydrogen) atoms. The number of nitrogens with one attached hydrogen (secondary N) is 1. The van der Waals surface area contributed by atoms with E-state index in [9.17, 15) is 4.79 Å². The third-order valence-electron chi connectivity index (χ3n) is 6.71. The standard InChI is InChI=1S/C27H27N7O2/c35-27(24-2-1-15-36-24)31-21-6-3-19(4-7-21)20-5-8-22-23(16-20)32-26(18-30-22)34-13-11-33(12-14-34)25-17-28-9-10-29-25/h3-10,16-18,24H,1-2,11-15H2,(H,31,35). The number of hydrogen-bond acceptors (Lipinski definition) is 8. The summed E-state index contributed by atoms with van der Waals surface area (Å²) in [5.74, 6) is 1.71. The zero-order valence-corrected chi connectivity index (χ0v) is 19.9. The van der Waals surface area contributed by atoms with Crippen molar-refractivity contribution in [2.75, 3.05) is 47.9 Å². The largest absolute Gasteiger partial charge is 0.368 e. The number of ether oxygens (including phenoxy) is 1. The molecule has 0 radical (unpaired) electrons. The smallest absolute Gasteiger partial charge is 0.253 e. The number of carbonyl (C=O) groups excluding carboxylic acids is 1. The van der Waals surface area contributed by atoms with E-state index in [1.165, 1.54) is 0 Å². The summed E-state index contributed by atoms with van der Waals surface area (Å²) < 4.78 is 5.46. The molecule has 2 aliphatic rings. The van der Waals surface area contributed by atoms with Crippen LogP contribution in [0.25, 0.3) is 22.2 Å². The van der Waals surface area contributed by atoms with Gasteiger partial charge in [0.2, 0.25) is 0 Å². The van der Waals surface area contributed by atoms with Crippen molar-refractivity contribution in [1.29, 1.82) is 0 Å². The average molecular weight is 482 g/mol. The Bertz CT molecular complexity index is 1350. The summed E-state index contributed by atoms with van der Waals surface area (Å²) in [5.41, 5.74) is 4.59. The van der Waals surface area contributed by atoms with Crippen molar-refractivity contribution in [3.63, 3.8) is 0 Å². The fraction of sp³-hybridized carbons (Fsp3) is 0.296. The maximum absolute atomic E-state index is 12.3. The first-order valence-corrected chi connectivity index (χ1v) is 12.3. The summed E-state index contributed by atoms with van der Waals surface area (Å²) in [7, 11) is 0. The van der Waals surface area contributed by atoms with E-state index in [1.54, 1.807) is 18.6 Å². The number of amides is 1. The minimum absolute atomic E-state index is 0.0775. The molecule has 4 aromatic rings. The minimum Gasteiger partial charge on any atom is -0.368 e. The Morgan fingerprint density at radius 1 is 0.861 bits per heavy atom. The minimum atomic E-state index is -0.340. The van der Waals surface area contributed by atoms with Crippen LogP contribution in [0.1, 0.15) is 12.8 Å². The normalized spacial score (nSPS) is 17.9. The Labute approximate surface area is 209 Å². The number of hydrogen-bond donors (Lipinski definition) is 1. The van der Waals surface area contributed by atoms with Gasteiger partial charge in [0.1, 0.15) is 17.7 Å². The van der Waals surface area contributed by atoms with Gasteiger partial charge in [0.15, 0.2) is 0 Å². The number of rotatable bonds is 5. The van der Waals surface area contributed by atoms with Crippen LogP contribution in [0.4, 0.5) is 17.3 Å². The zero-order valence-electron chi connectivity index (χ0n) is 19.9. The van der Waals surface area contributed by atoms with Crippen molar-refractivity contribution < 1.29 is 9.53 Å². The molecule has 0 bridgehead atoms. The van der Waals surface area contributed by atoms with E-state index in [-0.39, 0.29) is 12.0 Å². The average Bonchev–Trinajstić information content (AvgIpc) is 3.49. The molecule has 9 nitrogen and oxygen atoms in total. The van der Waals surface area contributed by atoms with Gasteiger partial charge in [0.05, 0.1) is 23.4 Å². The molecule has 0 spiro atoms. The Kier molecular flexibility index (Phi) is 6.13. The monoisotopic (exact) mass is 481 g/mol. The number of carbonyl (C=O) groups is 1. The van der Waals surface area contributed by atoms with Crippen LogP contribution in [0.3, 0.4) is 0 Å². The molecule has 2 saturated heterocycles. The van der Waals surface area contributed by atoms with Crippen LogP contribution in [-0.2, 0) is 9.53 Å². The van der Waals surface area contributed by atoms with Crippen LogP contribution in [0.2, 0.25) is 0 Å². The van der Waals surface area contributed by atoms with Gasteiger partial charge in [0, 0.05) is 50.9 Å². The van der Waals surface area contributed by atoms with Crippen molar-refractivity contribution in [3.8, 4) is 11.1 Å². The molecule has 9 heteroatoms. The van der Waals surface area contributed by atoms with Crippen LogP contribution < -0.4 is 15.1 Å². The lowest BCUT2D eigenvalue weighted by atomic mass is 10.0. The molecule has 1 amide bonds. The molecular weight excluding hydrogens is 454 g/mol. The number of nitrogens with zero attached hydrogens (tertiary/aromatic N) is 6. The molecular formula is C27H27N7O2. The van der Waals surface area contributed by atoms with Crippen molar-refractivity contribution in [2.24, 2.45) is 0 Å². The van der Waals surface area contributed by atoms with Gasteiger partial charge in [-0.05, 0) is 48.2 Å². The Morgan fingerprint density at radius 2 is 1.64 bits per heavy atom. The molecule has 4 heterocycles. The van der Waals surface area contributed by atoms with Crippen molar-refractivity contribution >= 4 is 34.3 Å². The highest BCUT2D eigenvalue weighted by Gasteiger charge is 2.23. The second kappa shape index (κ2) is 9.87. The Morgan fingerprint density at radius 3 is 2.36 bits per heavy atom. The van der Waals surface area contributed by atoms with Gasteiger partial charge in [-0.25, -0.2) is 9.97 Å². The Balaban J connectivity index is 1.15. The van der Waals surface area contributed by atoms with E-state index in [0.29, 0.717) is 6.61 Å². The summed E-state index contributed by atoms with van der Waals surface area (Å²) in [6.07, 6.45) is 8.45. The molecule has 0 aliphatic carbocycles. The highest BCUT2D eigenvalue weighted by molar-refractivity contribution is 5.94. The van der Waals surface area contributed by atoms with Gasteiger partial charge in [-0.2, -0.15) is 0 Å². The maximum Gasteiger partial charge on any atom is 0.253 e. The summed E-state index contributed by atoms with van der Waals surface area (Å²) >= 11 is 0.